The third-order valence-electron chi connectivity index (χ3n) is 3.47. The number of esters is 2. The first-order valence-electron chi connectivity index (χ1n) is 7.32. The molecule has 0 aromatic heterocycles. The summed E-state index contributed by atoms with van der Waals surface area (Å²) in [4.78, 5) is 23.5. The fraction of sp³-hybridized carbons (Fsp3) is 0.263. The van der Waals surface area contributed by atoms with Crippen molar-refractivity contribution < 1.29 is 19.1 Å². The van der Waals surface area contributed by atoms with Crippen LogP contribution in [0.3, 0.4) is 0 Å². The maximum atomic E-state index is 12.1. The zero-order valence-corrected chi connectivity index (χ0v) is 13.8. The Balaban J connectivity index is 2.08. The molecule has 2 rings (SSSR count). The SMILES string of the molecule is COC(=O)c1ccc(OC(=O)c2ccc(C(C)(C)C)cc2)cc1. The maximum absolute atomic E-state index is 12.1. The summed E-state index contributed by atoms with van der Waals surface area (Å²) < 4.78 is 9.92. The van der Waals surface area contributed by atoms with Crippen LogP contribution < -0.4 is 4.74 Å². The van der Waals surface area contributed by atoms with Gasteiger partial charge < -0.3 is 9.47 Å². The van der Waals surface area contributed by atoms with Crippen LogP contribution in [0.15, 0.2) is 48.5 Å². The summed E-state index contributed by atoms with van der Waals surface area (Å²) in [6.07, 6.45) is 0. The van der Waals surface area contributed by atoms with Crippen LogP contribution in [-0.2, 0) is 10.2 Å². The highest BCUT2D eigenvalue weighted by Gasteiger charge is 2.15. The Morgan fingerprint density at radius 1 is 0.783 bits per heavy atom. The first kappa shape index (κ1) is 16.7. The highest BCUT2D eigenvalue weighted by Crippen LogP contribution is 2.22. The van der Waals surface area contributed by atoms with E-state index in [-0.39, 0.29) is 5.41 Å². The first-order chi connectivity index (χ1) is 10.8. The predicted molar refractivity (Wildman–Crippen MR) is 87.9 cm³/mol. The van der Waals surface area contributed by atoms with Gasteiger partial charge in [0, 0.05) is 0 Å². The van der Waals surface area contributed by atoms with E-state index >= 15 is 0 Å². The summed E-state index contributed by atoms with van der Waals surface area (Å²) in [6.45, 7) is 6.34. The number of carbonyl (C=O) groups is 2. The van der Waals surface area contributed by atoms with Crippen molar-refractivity contribution in [3.05, 3.63) is 65.2 Å². The summed E-state index contributed by atoms with van der Waals surface area (Å²) in [5.41, 5.74) is 2.07. The molecule has 0 atom stereocenters. The molecule has 0 fully saturated rings. The molecule has 0 saturated heterocycles. The number of rotatable bonds is 3. The van der Waals surface area contributed by atoms with Crippen molar-refractivity contribution in [1.29, 1.82) is 0 Å². The average molecular weight is 312 g/mol. The van der Waals surface area contributed by atoms with Gasteiger partial charge in [-0.2, -0.15) is 0 Å². The van der Waals surface area contributed by atoms with E-state index in [4.69, 9.17) is 4.74 Å². The topological polar surface area (TPSA) is 52.6 Å². The van der Waals surface area contributed by atoms with Crippen molar-refractivity contribution in [3.63, 3.8) is 0 Å². The van der Waals surface area contributed by atoms with E-state index in [9.17, 15) is 9.59 Å². The van der Waals surface area contributed by atoms with Crippen LogP contribution >= 0.6 is 0 Å². The molecule has 4 nitrogen and oxygen atoms in total. The van der Waals surface area contributed by atoms with Gasteiger partial charge in [-0.05, 0) is 47.4 Å². The largest absolute Gasteiger partial charge is 0.465 e. The van der Waals surface area contributed by atoms with E-state index in [0.717, 1.165) is 5.56 Å². The van der Waals surface area contributed by atoms with Crippen LogP contribution in [-0.4, -0.2) is 19.0 Å². The standard InChI is InChI=1S/C19H20O4/c1-19(2,3)15-9-5-14(6-10-15)18(21)23-16-11-7-13(8-12-16)17(20)22-4/h5-12H,1-4H3. The predicted octanol–water partition coefficient (Wildman–Crippen LogP) is 3.99. The molecule has 2 aromatic rings. The lowest BCUT2D eigenvalue weighted by Gasteiger charge is -2.18. The third-order valence-corrected chi connectivity index (χ3v) is 3.47. The van der Waals surface area contributed by atoms with Gasteiger partial charge in [-0.25, -0.2) is 9.59 Å². The number of ether oxygens (including phenoxy) is 2. The second kappa shape index (κ2) is 6.65. The van der Waals surface area contributed by atoms with Gasteiger partial charge in [0.25, 0.3) is 0 Å². The molecule has 0 aliphatic carbocycles. The lowest BCUT2D eigenvalue weighted by Crippen LogP contribution is -2.13. The molecule has 0 aliphatic heterocycles. The minimum Gasteiger partial charge on any atom is -0.465 e. The van der Waals surface area contributed by atoms with Crippen LogP contribution in [0.4, 0.5) is 0 Å². The van der Waals surface area contributed by atoms with Gasteiger partial charge in [-0.3, -0.25) is 0 Å². The Bertz CT molecular complexity index is 692. The summed E-state index contributed by atoms with van der Waals surface area (Å²) >= 11 is 0. The lowest BCUT2D eigenvalue weighted by molar-refractivity contribution is 0.0600. The van der Waals surface area contributed by atoms with Crippen LogP contribution in [0, 0.1) is 0 Å². The van der Waals surface area contributed by atoms with E-state index in [1.807, 2.05) is 12.1 Å². The van der Waals surface area contributed by atoms with Crippen molar-refractivity contribution in [2.45, 2.75) is 26.2 Å². The number of carbonyl (C=O) groups excluding carboxylic acids is 2. The Labute approximate surface area is 136 Å². The Morgan fingerprint density at radius 2 is 1.26 bits per heavy atom. The summed E-state index contributed by atoms with van der Waals surface area (Å²) in [5, 5.41) is 0. The molecular formula is C19H20O4. The van der Waals surface area contributed by atoms with Gasteiger partial charge in [0.1, 0.15) is 5.75 Å². The fourth-order valence-corrected chi connectivity index (χ4v) is 2.05. The van der Waals surface area contributed by atoms with E-state index < -0.39 is 11.9 Å². The number of hydrogen-bond acceptors (Lipinski definition) is 4. The zero-order valence-electron chi connectivity index (χ0n) is 13.8. The summed E-state index contributed by atoms with van der Waals surface area (Å²) in [5.74, 6) is -0.487. The Hall–Kier alpha value is -2.62. The number of methoxy groups -OCH3 is 1. The van der Waals surface area contributed by atoms with Crippen LogP contribution in [0.2, 0.25) is 0 Å². The van der Waals surface area contributed by atoms with Crippen molar-refractivity contribution in [1.82, 2.24) is 0 Å². The smallest absolute Gasteiger partial charge is 0.343 e. The molecule has 0 heterocycles. The number of benzene rings is 2. The van der Waals surface area contributed by atoms with Crippen LogP contribution in [0.1, 0.15) is 47.1 Å². The van der Waals surface area contributed by atoms with Crippen molar-refractivity contribution in [2.24, 2.45) is 0 Å². The fourth-order valence-electron chi connectivity index (χ4n) is 2.05. The minimum absolute atomic E-state index is 0.0339. The Kier molecular flexibility index (Phi) is 4.84. The second-order valence-corrected chi connectivity index (χ2v) is 6.23. The molecule has 0 unspecified atom stereocenters. The normalized spacial score (nSPS) is 11.0. The highest BCUT2D eigenvalue weighted by atomic mass is 16.5. The molecule has 0 amide bonds. The lowest BCUT2D eigenvalue weighted by atomic mass is 9.87. The van der Waals surface area contributed by atoms with E-state index in [1.54, 1.807) is 36.4 Å². The first-order valence-corrected chi connectivity index (χ1v) is 7.32. The number of hydrogen-bond donors (Lipinski definition) is 0. The van der Waals surface area contributed by atoms with Gasteiger partial charge in [0.15, 0.2) is 0 Å². The Morgan fingerprint density at radius 3 is 1.74 bits per heavy atom. The van der Waals surface area contributed by atoms with Gasteiger partial charge in [-0.15, -0.1) is 0 Å². The molecular weight excluding hydrogens is 292 g/mol. The van der Waals surface area contributed by atoms with Crippen molar-refractivity contribution >= 4 is 11.9 Å². The maximum Gasteiger partial charge on any atom is 0.343 e. The molecule has 0 N–H and O–H groups in total. The molecule has 0 bridgehead atoms. The van der Waals surface area contributed by atoms with Crippen molar-refractivity contribution in [2.75, 3.05) is 7.11 Å². The average Bonchev–Trinajstić information content (AvgIpc) is 2.54. The molecule has 0 radical (unpaired) electrons. The zero-order chi connectivity index (χ0) is 17.0. The molecule has 120 valence electrons. The van der Waals surface area contributed by atoms with Gasteiger partial charge in [-0.1, -0.05) is 32.9 Å². The van der Waals surface area contributed by atoms with Gasteiger partial charge in [0.05, 0.1) is 18.2 Å². The van der Waals surface area contributed by atoms with E-state index in [1.165, 1.54) is 7.11 Å². The minimum atomic E-state index is -0.434. The molecule has 0 spiro atoms. The molecule has 4 heteroatoms. The highest BCUT2D eigenvalue weighted by molar-refractivity contribution is 5.92. The molecule has 0 aliphatic rings. The van der Waals surface area contributed by atoms with Gasteiger partial charge >= 0.3 is 11.9 Å². The third kappa shape index (κ3) is 4.19. The molecule has 23 heavy (non-hydrogen) atoms. The monoisotopic (exact) mass is 312 g/mol. The van der Waals surface area contributed by atoms with Crippen LogP contribution in [0.5, 0.6) is 5.75 Å². The molecule has 2 aromatic carbocycles. The molecule has 0 saturated carbocycles. The van der Waals surface area contributed by atoms with E-state index in [2.05, 4.69) is 25.5 Å². The van der Waals surface area contributed by atoms with E-state index in [0.29, 0.717) is 16.9 Å². The van der Waals surface area contributed by atoms with Crippen LogP contribution in [0.25, 0.3) is 0 Å². The quantitative estimate of drug-likeness (QED) is 0.635. The second-order valence-electron chi connectivity index (χ2n) is 6.23. The van der Waals surface area contributed by atoms with Crippen molar-refractivity contribution in [3.8, 4) is 5.75 Å². The summed E-state index contributed by atoms with van der Waals surface area (Å²) in [6, 6.07) is 13.6. The van der Waals surface area contributed by atoms with Gasteiger partial charge in [0.2, 0.25) is 0 Å². The summed E-state index contributed by atoms with van der Waals surface area (Å²) in [7, 11) is 1.32.